The SMILES string of the molecule is CN(C)C(=O)c1ccc(O)cc1I. The number of nitrogens with zero attached hydrogens (tertiary/aromatic N) is 1. The molecule has 0 spiro atoms. The number of hydrogen-bond acceptors (Lipinski definition) is 2. The van der Waals surface area contributed by atoms with Gasteiger partial charge in [0.05, 0.1) is 5.56 Å². The van der Waals surface area contributed by atoms with Crippen LogP contribution < -0.4 is 0 Å². The van der Waals surface area contributed by atoms with Crippen molar-refractivity contribution in [1.82, 2.24) is 4.90 Å². The Morgan fingerprint density at radius 1 is 1.46 bits per heavy atom. The second-order valence-corrected chi connectivity index (χ2v) is 4.03. The lowest BCUT2D eigenvalue weighted by Crippen LogP contribution is -2.22. The van der Waals surface area contributed by atoms with Gasteiger partial charge in [0.1, 0.15) is 5.75 Å². The zero-order valence-corrected chi connectivity index (χ0v) is 9.57. The molecule has 1 rings (SSSR count). The zero-order chi connectivity index (χ0) is 10.0. The summed E-state index contributed by atoms with van der Waals surface area (Å²) in [6.07, 6.45) is 0. The molecule has 0 aliphatic rings. The Morgan fingerprint density at radius 2 is 2.08 bits per heavy atom. The first-order valence-corrected chi connectivity index (χ1v) is 4.80. The Bertz CT molecular complexity index is 336. The van der Waals surface area contributed by atoms with Crippen LogP contribution in [0.15, 0.2) is 18.2 Å². The van der Waals surface area contributed by atoms with Crippen LogP contribution in [0.2, 0.25) is 0 Å². The van der Waals surface area contributed by atoms with Gasteiger partial charge < -0.3 is 10.0 Å². The highest BCUT2D eigenvalue weighted by molar-refractivity contribution is 14.1. The average molecular weight is 291 g/mol. The van der Waals surface area contributed by atoms with E-state index < -0.39 is 0 Å². The van der Waals surface area contributed by atoms with Crippen molar-refractivity contribution in [2.24, 2.45) is 0 Å². The minimum atomic E-state index is -0.0515. The van der Waals surface area contributed by atoms with Crippen molar-refractivity contribution >= 4 is 28.5 Å². The highest BCUT2D eigenvalue weighted by Crippen LogP contribution is 2.19. The molecule has 0 fully saturated rings. The number of benzene rings is 1. The van der Waals surface area contributed by atoms with Crippen molar-refractivity contribution in [3.05, 3.63) is 27.3 Å². The van der Waals surface area contributed by atoms with Gasteiger partial charge in [-0.2, -0.15) is 0 Å². The third kappa shape index (κ3) is 2.33. The van der Waals surface area contributed by atoms with E-state index in [1.54, 1.807) is 26.2 Å². The number of halogens is 1. The van der Waals surface area contributed by atoms with Crippen LogP contribution >= 0.6 is 22.6 Å². The van der Waals surface area contributed by atoms with Gasteiger partial charge in [-0.15, -0.1) is 0 Å². The molecule has 0 aliphatic heterocycles. The van der Waals surface area contributed by atoms with Crippen LogP contribution in [0.5, 0.6) is 5.75 Å². The number of phenols is 1. The lowest BCUT2D eigenvalue weighted by atomic mass is 10.2. The highest BCUT2D eigenvalue weighted by Gasteiger charge is 2.11. The quantitative estimate of drug-likeness (QED) is 0.800. The Morgan fingerprint density at radius 3 is 2.54 bits per heavy atom. The molecule has 0 unspecified atom stereocenters. The van der Waals surface area contributed by atoms with E-state index in [1.165, 1.54) is 11.0 Å². The third-order valence-corrected chi connectivity index (χ3v) is 2.48. The smallest absolute Gasteiger partial charge is 0.254 e. The van der Waals surface area contributed by atoms with E-state index >= 15 is 0 Å². The largest absolute Gasteiger partial charge is 0.508 e. The third-order valence-electron chi connectivity index (χ3n) is 1.59. The summed E-state index contributed by atoms with van der Waals surface area (Å²) in [5.41, 5.74) is 0.614. The zero-order valence-electron chi connectivity index (χ0n) is 7.41. The summed E-state index contributed by atoms with van der Waals surface area (Å²) in [4.78, 5) is 13.0. The molecular weight excluding hydrogens is 281 g/mol. The van der Waals surface area contributed by atoms with E-state index in [2.05, 4.69) is 0 Å². The van der Waals surface area contributed by atoms with E-state index in [9.17, 15) is 4.79 Å². The van der Waals surface area contributed by atoms with Crippen molar-refractivity contribution in [2.75, 3.05) is 14.1 Å². The fourth-order valence-electron chi connectivity index (χ4n) is 0.918. The number of carbonyl (C=O) groups is 1. The predicted molar refractivity (Wildman–Crippen MR) is 58.8 cm³/mol. The molecule has 0 aromatic heterocycles. The summed E-state index contributed by atoms with van der Waals surface area (Å²) >= 11 is 2.03. The van der Waals surface area contributed by atoms with Gasteiger partial charge >= 0.3 is 0 Å². The molecule has 13 heavy (non-hydrogen) atoms. The predicted octanol–water partition coefficient (Wildman–Crippen LogP) is 1.70. The van der Waals surface area contributed by atoms with E-state index in [-0.39, 0.29) is 11.7 Å². The lowest BCUT2D eigenvalue weighted by Gasteiger charge is -2.11. The van der Waals surface area contributed by atoms with Crippen molar-refractivity contribution in [1.29, 1.82) is 0 Å². The first kappa shape index (κ1) is 10.3. The molecule has 0 heterocycles. The number of phenolic OH excluding ortho intramolecular Hbond substituents is 1. The second-order valence-electron chi connectivity index (χ2n) is 2.86. The Hall–Kier alpha value is -0.780. The van der Waals surface area contributed by atoms with Crippen molar-refractivity contribution < 1.29 is 9.90 Å². The maximum absolute atomic E-state index is 11.5. The minimum absolute atomic E-state index is 0.0515. The maximum Gasteiger partial charge on any atom is 0.254 e. The molecule has 4 heteroatoms. The molecule has 0 aliphatic carbocycles. The van der Waals surface area contributed by atoms with Gasteiger partial charge in [-0.3, -0.25) is 4.79 Å². The van der Waals surface area contributed by atoms with Crippen LogP contribution in [0.4, 0.5) is 0 Å². The van der Waals surface area contributed by atoms with Gasteiger partial charge in [0.25, 0.3) is 5.91 Å². The van der Waals surface area contributed by atoms with E-state index in [0.29, 0.717) is 5.56 Å². The Balaban J connectivity index is 3.09. The summed E-state index contributed by atoms with van der Waals surface area (Å²) in [7, 11) is 3.40. The van der Waals surface area contributed by atoms with Crippen LogP contribution in [0.1, 0.15) is 10.4 Å². The van der Waals surface area contributed by atoms with Crippen LogP contribution in [-0.2, 0) is 0 Å². The average Bonchev–Trinajstić information content (AvgIpc) is 2.03. The summed E-state index contributed by atoms with van der Waals surface area (Å²) in [6.45, 7) is 0. The Labute approximate surface area is 90.5 Å². The number of rotatable bonds is 1. The molecule has 1 amide bonds. The number of amides is 1. The normalized spacial score (nSPS) is 9.77. The maximum atomic E-state index is 11.5. The van der Waals surface area contributed by atoms with Gasteiger partial charge in [0.2, 0.25) is 0 Å². The highest BCUT2D eigenvalue weighted by atomic mass is 127. The molecule has 0 saturated heterocycles. The first-order valence-electron chi connectivity index (χ1n) is 3.72. The van der Waals surface area contributed by atoms with E-state index in [4.69, 9.17) is 5.11 Å². The molecule has 70 valence electrons. The fourth-order valence-corrected chi connectivity index (χ4v) is 1.65. The molecule has 0 atom stereocenters. The Kier molecular flexibility index (Phi) is 3.13. The summed E-state index contributed by atoms with van der Waals surface area (Å²) < 4.78 is 0.760. The summed E-state index contributed by atoms with van der Waals surface area (Å²) in [5.74, 6) is 0.129. The topological polar surface area (TPSA) is 40.5 Å². The summed E-state index contributed by atoms with van der Waals surface area (Å²) in [6, 6.07) is 4.70. The monoisotopic (exact) mass is 291 g/mol. The van der Waals surface area contributed by atoms with Crippen LogP contribution in [-0.4, -0.2) is 30.0 Å². The van der Waals surface area contributed by atoms with E-state index in [0.717, 1.165) is 3.57 Å². The van der Waals surface area contributed by atoms with Gasteiger partial charge in [-0.1, -0.05) is 0 Å². The van der Waals surface area contributed by atoms with Gasteiger partial charge in [-0.25, -0.2) is 0 Å². The minimum Gasteiger partial charge on any atom is -0.508 e. The lowest BCUT2D eigenvalue weighted by molar-refractivity contribution is 0.0826. The standard InChI is InChI=1S/C9H10INO2/c1-11(2)9(13)7-4-3-6(12)5-8(7)10/h3-5,12H,1-2H3. The summed E-state index contributed by atoms with van der Waals surface area (Å²) in [5, 5.41) is 9.13. The van der Waals surface area contributed by atoms with Crippen molar-refractivity contribution in [3.8, 4) is 5.75 Å². The molecule has 1 aromatic carbocycles. The number of carbonyl (C=O) groups excluding carboxylic acids is 1. The van der Waals surface area contributed by atoms with Crippen molar-refractivity contribution in [3.63, 3.8) is 0 Å². The van der Waals surface area contributed by atoms with Gasteiger partial charge in [0.15, 0.2) is 0 Å². The van der Waals surface area contributed by atoms with Crippen molar-refractivity contribution in [2.45, 2.75) is 0 Å². The molecule has 1 aromatic rings. The van der Waals surface area contributed by atoms with Crippen LogP contribution in [0.25, 0.3) is 0 Å². The molecular formula is C9H10INO2. The number of aromatic hydroxyl groups is 1. The van der Waals surface area contributed by atoms with Crippen LogP contribution in [0, 0.1) is 3.57 Å². The van der Waals surface area contributed by atoms with Crippen LogP contribution in [0.3, 0.4) is 0 Å². The molecule has 0 radical (unpaired) electrons. The molecule has 0 bridgehead atoms. The number of hydrogen-bond donors (Lipinski definition) is 1. The molecule has 3 nitrogen and oxygen atoms in total. The fraction of sp³-hybridized carbons (Fsp3) is 0.222. The van der Waals surface area contributed by atoms with E-state index in [1.807, 2.05) is 22.6 Å². The van der Waals surface area contributed by atoms with Gasteiger partial charge in [-0.05, 0) is 40.8 Å². The second kappa shape index (κ2) is 3.95. The molecule has 0 saturated carbocycles. The molecule has 1 N–H and O–H groups in total. The van der Waals surface area contributed by atoms with Gasteiger partial charge in [0, 0.05) is 17.7 Å². The first-order chi connectivity index (χ1) is 6.02.